The summed E-state index contributed by atoms with van der Waals surface area (Å²) in [6.45, 7) is 3.26. The minimum absolute atomic E-state index is 0.0497. The zero-order valence-electron chi connectivity index (χ0n) is 19.2. The molecule has 0 aliphatic heterocycles. The molecule has 0 saturated carbocycles. The smallest absolute Gasteiger partial charge is 0.244 e. The van der Waals surface area contributed by atoms with Crippen molar-refractivity contribution in [1.82, 2.24) is 10.2 Å². The molecular formula is C23H28ClF2N3O4S. The second kappa shape index (κ2) is 12.1. The summed E-state index contributed by atoms with van der Waals surface area (Å²) >= 11 is 6.27. The Morgan fingerprint density at radius 2 is 1.76 bits per heavy atom. The molecule has 186 valence electrons. The SMILES string of the molecule is CCCNC(=O)[C@@H](CC)N(Cc1ccccc1Cl)C(=O)CN(c1ccc(F)c(F)c1)S(C)(=O)=O. The maximum Gasteiger partial charge on any atom is 0.244 e. The van der Waals surface area contributed by atoms with Crippen LogP contribution in [0, 0.1) is 11.6 Å². The van der Waals surface area contributed by atoms with Crippen LogP contribution in [-0.2, 0) is 26.2 Å². The van der Waals surface area contributed by atoms with E-state index in [1.165, 1.54) is 4.90 Å². The molecule has 7 nitrogen and oxygen atoms in total. The lowest BCUT2D eigenvalue weighted by atomic mass is 10.1. The van der Waals surface area contributed by atoms with Gasteiger partial charge < -0.3 is 10.2 Å². The number of hydrogen-bond donors (Lipinski definition) is 1. The number of amides is 2. The van der Waals surface area contributed by atoms with Crippen molar-refractivity contribution in [3.63, 3.8) is 0 Å². The highest BCUT2D eigenvalue weighted by atomic mass is 35.5. The van der Waals surface area contributed by atoms with Crippen LogP contribution in [0.4, 0.5) is 14.5 Å². The van der Waals surface area contributed by atoms with Gasteiger partial charge in [-0.15, -0.1) is 0 Å². The summed E-state index contributed by atoms with van der Waals surface area (Å²) in [7, 11) is -4.05. The Kier molecular flexibility index (Phi) is 9.81. The number of nitrogens with zero attached hydrogens (tertiary/aromatic N) is 2. The number of anilines is 1. The predicted molar refractivity (Wildman–Crippen MR) is 128 cm³/mol. The number of halogens is 3. The maximum absolute atomic E-state index is 13.8. The number of benzene rings is 2. The molecule has 0 heterocycles. The summed E-state index contributed by atoms with van der Waals surface area (Å²) in [6.07, 6.45) is 1.81. The quantitative estimate of drug-likeness (QED) is 0.494. The largest absolute Gasteiger partial charge is 0.354 e. The third kappa shape index (κ3) is 7.14. The molecule has 34 heavy (non-hydrogen) atoms. The molecule has 0 spiro atoms. The van der Waals surface area contributed by atoms with Crippen molar-refractivity contribution in [3.05, 3.63) is 64.7 Å². The Bertz CT molecular complexity index is 1130. The molecule has 1 N–H and O–H groups in total. The number of sulfonamides is 1. The average molecular weight is 516 g/mol. The van der Waals surface area contributed by atoms with Gasteiger partial charge in [0.25, 0.3) is 0 Å². The van der Waals surface area contributed by atoms with E-state index in [9.17, 15) is 26.8 Å². The van der Waals surface area contributed by atoms with Crippen LogP contribution in [0.2, 0.25) is 5.02 Å². The van der Waals surface area contributed by atoms with Gasteiger partial charge in [0.2, 0.25) is 21.8 Å². The molecular weight excluding hydrogens is 488 g/mol. The molecule has 2 amide bonds. The first kappa shape index (κ1) is 27.5. The van der Waals surface area contributed by atoms with Gasteiger partial charge in [-0.05, 0) is 36.6 Å². The molecule has 0 saturated heterocycles. The summed E-state index contributed by atoms with van der Waals surface area (Å²) in [5.74, 6) is -3.49. The number of rotatable bonds is 11. The van der Waals surface area contributed by atoms with E-state index in [1.807, 2.05) is 6.92 Å². The van der Waals surface area contributed by atoms with E-state index >= 15 is 0 Å². The Morgan fingerprint density at radius 1 is 1.09 bits per heavy atom. The molecule has 0 unspecified atom stereocenters. The van der Waals surface area contributed by atoms with Crippen molar-refractivity contribution in [2.24, 2.45) is 0 Å². The first-order chi connectivity index (χ1) is 16.0. The first-order valence-electron chi connectivity index (χ1n) is 10.7. The maximum atomic E-state index is 13.8. The zero-order valence-corrected chi connectivity index (χ0v) is 20.8. The van der Waals surface area contributed by atoms with Gasteiger partial charge >= 0.3 is 0 Å². The molecule has 2 aromatic carbocycles. The molecule has 2 rings (SSSR count). The molecule has 0 aromatic heterocycles. The average Bonchev–Trinajstić information content (AvgIpc) is 2.78. The van der Waals surface area contributed by atoms with Crippen LogP contribution in [-0.4, -0.2) is 50.5 Å². The Labute approximate surface area is 203 Å². The number of carbonyl (C=O) groups excluding carboxylic acids is 2. The summed E-state index contributed by atoms with van der Waals surface area (Å²) in [6, 6.07) is 8.43. The lowest BCUT2D eigenvalue weighted by Crippen LogP contribution is -2.52. The molecule has 0 radical (unpaired) electrons. The van der Waals surface area contributed by atoms with Crippen molar-refractivity contribution < 1.29 is 26.8 Å². The van der Waals surface area contributed by atoms with E-state index in [0.717, 1.165) is 18.4 Å². The van der Waals surface area contributed by atoms with Crippen molar-refractivity contribution in [2.45, 2.75) is 39.3 Å². The van der Waals surface area contributed by atoms with Gasteiger partial charge in [0.05, 0.1) is 11.9 Å². The van der Waals surface area contributed by atoms with E-state index in [1.54, 1.807) is 31.2 Å². The summed E-state index contributed by atoms with van der Waals surface area (Å²) < 4.78 is 52.8. The Morgan fingerprint density at radius 3 is 2.32 bits per heavy atom. The lowest BCUT2D eigenvalue weighted by molar-refractivity contribution is -0.140. The van der Waals surface area contributed by atoms with Gasteiger partial charge in [-0.1, -0.05) is 43.6 Å². The van der Waals surface area contributed by atoms with Crippen LogP contribution in [0.5, 0.6) is 0 Å². The van der Waals surface area contributed by atoms with Crippen molar-refractivity contribution >= 4 is 39.1 Å². The van der Waals surface area contributed by atoms with E-state index in [2.05, 4.69) is 5.32 Å². The zero-order chi connectivity index (χ0) is 25.5. The minimum atomic E-state index is -4.05. The van der Waals surface area contributed by atoms with Crippen LogP contribution in [0.15, 0.2) is 42.5 Å². The standard InChI is InChI=1S/C23H28ClF2N3O4S/c1-4-12-27-23(31)21(5-2)28(14-16-8-6-7-9-18(16)24)22(30)15-29(34(3,32)33)17-10-11-19(25)20(26)13-17/h6-11,13,21H,4-5,12,14-15H2,1-3H3,(H,27,31)/t21-/m1/s1. The third-order valence-corrected chi connectivity index (χ3v) is 6.61. The molecule has 11 heteroatoms. The second-order valence-corrected chi connectivity index (χ2v) is 10.0. The van der Waals surface area contributed by atoms with Gasteiger partial charge in [0.1, 0.15) is 12.6 Å². The van der Waals surface area contributed by atoms with E-state index in [0.29, 0.717) is 33.9 Å². The minimum Gasteiger partial charge on any atom is -0.354 e. The summed E-state index contributed by atoms with van der Waals surface area (Å²) in [4.78, 5) is 27.5. The van der Waals surface area contributed by atoms with E-state index < -0.39 is 40.2 Å². The normalized spacial score (nSPS) is 12.2. The van der Waals surface area contributed by atoms with Gasteiger partial charge in [-0.3, -0.25) is 13.9 Å². The number of hydrogen-bond acceptors (Lipinski definition) is 4. The number of nitrogens with one attached hydrogen (secondary N) is 1. The lowest BCUT2D eigenvalue weighted by Gasteiger charge is -2.33. The van der Waals surface area contributed by atoms with Crippen LogP contribution in [0.3, 0.4) is 0 Å². The molecule has 0 fully saturated rings. The van der Waals surface area contributed by atoms with Gasteiger partial charge in [-0.2, -0.15) is 0 Å². The monoisotopic (exact) mass is 515 g/mol. The van der Waals surface area contributed by atoms with Gasteiger partial charge in [0, 0.05) is 24.2 Å². The van der Waals surface area contributed by atoms with Crippen LogP contribution in [0.25, 0.3) is 0 Å². The number of carbonyl (C=O) groups is 2. The van der Waals surface area contributed by atoms with Crippen molar-refractivity contribution in [3.8, 4) is 0 Å². The van der Waals surface area contributed by atoms with Crippen molar-refractivity contribution in [1.29, 1.82) is 0 Å². The highest BCUT2D eigenvalue weighted by Crippen LogP contribution is 2.23. The molecule has 2 aromatic rings. The van der Waals surface area contributed by atoms with Gasteiger partial charge in [-0.25, -0.2) is 17.2 Å². The van der Waals surface area contributed by atoms with E-state index in [-0.39, 0.29) is 24.6 Å². The molecule has 0 aliphatic carbocycles. The second-order valence-electron chi connectivity index (χ2n) is 7.70. The highest BCUT2D eigenvalue weighted by molar-refractivity contribution is 7.92. The first-order valence-corrected chi connectivity index (χ1v) is 13.0. The Balaban J connectivity index is 2.46. The van der Waals surface area contributed by atoms with Crippen molar-refractivity contribution in [2.75, 3.05) is 23.7 Å². The van der Waals surface area contributed by atoms with Crippen LogP contribution < -0.4 is 9.62 Å². The fourth-order valence-corrected chi connectivity index (χ4v) is 4.39. The van der Waals surface area contributed by atoms with Crippen LogP contribution >= 0.6 is 11.6 Å². The Hall–Kier alpha value is -2.72. The van der Waals surface area contributed by atoms with Gasteiger partial charge in [0.15, 0.2) is 11.6 Å². The third-order valence-electron chi connectivity index (χ3n) is 5.10. The topological polar surface area (TPSA) is 86.8 Å². The van der Waals surface area contributed by atoms with E-state index in [4.69, 9.17) is 11.6 Å². The van der Waals surface area contributed by atoms with Crippen LogP contribution in [0.1, 0.15) is 32.3 Å². The summed E-state index contributed by atoms with van der Waals surface area (Å²) in [5.41, 5.74) is 0.355. The fraction of sp³-hybridized carbons (Fsp3) is 0.391. The molecule has 0 aliphatic rings. The fourth-order valence-electron chi connectivity index (χ4n) is 3.35. The molecule has 0 bridgehead atoms. The summed E-state index contributed by atoms with van der Waals surface area (Å²) in [5, 5.41) is 3.14. The highest BCUT2D eigenvalue weighted by Gasteiger charge is 2.32. The predicted octanol–water partition coefficient (Wildman–Crippen LogP) is 3.72. The molecule has 1 atom stereocenters.